The van der Waals surface area contributed by atoms with Gasteiger partial charge in [-0.05, 0) is 37.0 Å². The Balaban J connectivity index is 1.77. The molecule has 0 unspecified atom stereocenters. The maximum atomic E-state index is 12.7. The zero-order chi connectivity index (χ0) is 24.6. The minimum absolute atomic E-state index is 0.208. The number of nitrogens with one attached hydrogen (secondary N) is 1. The van der Waals surface area contributed by atoms with Gasteiger partial charge in [0, 0.05) is 22.4 Å². The average Bonchev–Trinajstić information content (AvgIpc) is 3.13. The Morgan fingerprint density at radius 3 is 2.35 bits per heavy atom. The second-order valence-electron chi connectivity index (χ2n) is 8.68. The molecule has 4 aromatic rings. The van der Waals surface area contributed by atoms with E-state index in [4.69, 9.17) is 8.83 Å². The number of aryl methyl sites for hydroxylation is 2. The Morgan fingerprint density at radius 2 is 1.71 bits per heavy atom. The van der Waals surface area contributed by atoms with Crippen LogP contribution in [0.4, 0.5) is 0 Å². The Hall–Kier alpha value is -3.87. The van der Waals surface area contributed by atoms with Crippen molar-refractivity contribution >= 4 is 33.8 Å². The van der Waals surface area contributed by atoms with E-state index in [-0.39, 0.29) is 17.9 Å². The number of carbonyl (C=O) groups is 2. The van der Waals surface area contributed by atoms with Crippen LogP contribution in [0.2, 0.25) is 0 Å². The summed E-state index contributed by atoms with van der Waals surface area (Å²) in [5, 5.41) is 13.6. The Morgan fingerprint density at radius 1 is 1.03 bits per heavy atom. The van der Waals surface area contributed by atoms with Crippen molar-refractivity contribution in [2.75, 3.05) is 0 Å². The number of carbonyl (C=O) groups excluding carboxylic acids is 1. The Labute approximate surface area is 196 Å². The van der Waals surface area contributed by atoms with Crippen LogP contribution in [-0.2, 0) is 16.0 Å². The van der Waals surface area contributed by atoms with Crippen molar-refractivity contribution in [2.24, 2.45) is 5.92 Å². The van der Waals surface area contributed by atoms with Crippen molar-refractivity contribution in [1.82, 2.24) is 5.32 Å². The summed E-state index contributed by atoms with van der Waals surface area (Å²) in [6, 6.07) is 12.5. The maximum Gasteiger partial charge on any atom is 0.340 e. The molecule has 2 N–H and O–H groups in total. The summed E-state index contributed by atoms with van der Waals surface area (Å²) >= 11 is 0. The normalized spacial score (nSPS) is 13.2. The molecule has 2 heterocycles. The van der Waals surface area contributed by atoms with E-state index in [0.29, 0.717) is 28.5 Å². The molecule has 0 spiro atoms. The number of fused-ring (bicyclic) bond motifs is 2. The standard InChI is InChI=1S/C27H27NO6/c1-5-14(2)25(26(30)31)28-23(29)12-19-15(3)18-11-20-22(13-21(18)34-27(19)32)33-16(4)24(20)17-9-7-6-8-10-17/h6-11,13-14,25H,5,12H2,1-4H3,(H,28,29)(H,30,31)/t14-,25+/m1/s1. The van der Waals surface area contributed by atoms with Gasteiger partial charge in [0.05, 0.1) is 12.0 Å². The molecule has 0 saturated carbocycles. The van der Waals surface area contributed by atoms with Crippen LogP contribution in [0, 0.1) is 19.8 Å². The first-order valence-electron chi connectivity index (χ1n) is 11.3. The minimum atomic E-state index is -1.10. The first kappa shape index (κ1) is 23.3. The largest absolute Gasteiger partial charge is 0.480 e. The zero-order valence-electron chi connectivity index (χ0n) is 19.6. The molecule has 2 atom stereocenters. The fourth-order valence-electron chi connectivity index (χ4n) is 4.34. The molecule has 1 amide bonds. The summed E-state index contributed by atoms with van der Waals surface area (Å²) in [5.74, 6) is -1.13. The molecule has 7 nitrogen and oxygen atoms in total. The minimum Gasteiger partial charge on any atom is -0.480 e. The highest BCUT2D eigenvalue weighted by Gasteiger charge is 2.26. The summed E-state index contributed by atoms with van der Waals surface area (Å²) in [4.78, 5) is 37.0. The van der Waals surface area contributed by atoms with Crippen LogP contribution in [-0.4, -0.2) is 23.0 Å². The predicted molar refractivity (Wildman–Crippen MR) is 130 cm³/mol. The lowest BCUT2D eigenvalue weighted by atomic mass is 9.97. The van der Waals surface area contributed by atoms with Gasteiger partial charge in [0.1, 0.15) is 23.0 Å². The first-order chi connectivity index (χ1) is 16.2. The van der Waals surface area contributed by atoms with E-state index in [1.807, 2.05) is 50.2 Å². The van der Waals surface area contributed by atoms with Gasteiger partial charge in [0.15, 0.2) is 0 Å². The molecule has 0 radical (unpaired) electrons. The third kappa shape index (κ3) is 4.21. The van der Waals surface area contributed by atoms with Crippen molar-refractivity contribution in [3.8, 4) is 11.1 Å². The summed E-state index contributed by atoms with van der Waals surface area (Å²) in [6.45, 7) is 7.28. The molecule has 0 saturated heterocycles. The number of amides is 1. The topological polar surface area (TPSA) is 110 Å². The van der Waals surface area contributed by atoms with Gasteiger partial charge in [-0.3, -0.25) is 4.79 Å². The van der Waals surface area contributed by atoms with E-state index in [0.717, 1.165) is 22.3 Å². The van der Waals surface area contributed by atoms with E-state index in [2.05, 4.69) is 5.32 Å². The van der Waals surface area contributed by atoms with E-state index in [9.17, 15) is 19.5 Å². The molecule has 2 aromatic heterocycles. The van der Waals surface area contributed by atoms with Crippen molar-refractivity contribution in [3.63, 3.8) is 0 Å². The number of hydrogen-bond acceptors (Lipinski definition) is 5. The van der Waals surface area contributed by atoms with Gasteiger partial charge in [-0.25, -0.2) is 9.59 Å². The van der Waals surface area contributed by atoms with Crippen LogP contribution >= 0.6 is 0 Å². The molecular formula is C27H27NO6. The number of carboxylic acid groups (broad SMARTS) is 1. The average molecular weight is 462 g/mol. The summed E-state index contributed by atoms with van der Waals surface area (Å²) in [7, 11) is 0. The lowest BCUT2D eigenvalue weighted by molar-refractivity contribution is -0.143. The van der Waals surface area contributed by atoms with Crippen molar-refractivity contribution < 1.29 is 23.5 Å². The number of aliphatic carboxylic acids is 1. The first-order valence-corrected chi connectivity index (χ1v) is 11.3. The van der Waals surface area contributed by atoms with Crippen molar-refractivity contribution in [3.05, 3.63) is 69.8 Å². The second-order valence-corrected chi connectivity index (χ2v) is 8.68. The summed E-state index contributed by atoms with van der Waals surface area (Å²) in [6.07, 6.45) is 0.330. The molecule has 0 fully saturated rings. The Kier molecular flexibility index (Phi) is 6.28. The fourth-order valence-corrected chi connectivity index (χ4v) is 4.34. The number of benzene rings is 2. The van der Waals surface area contributed by atoms with Gasteiger partial charge in [0.2, 0.25) is 5.91 Å². The van der Waals surface area contributed by atoms with Crippen LogP contribution in [0.1, 0.15) is 37.2 Å². The number of hydrogen-bond donors (Lipinski definition) is 2. The summed E-state index contributed by atoms with van der Waals surface area (Å²) in [5.41, 5.74) is 3.15. The Bertz CT molecular complexity index is 1450. The lowest BCUT2D eigenvalue weighted by Crippen LogP contribution is -2.45. The molecule has 0 aliphatic carbocycles. The van der Waals surface area contributed by atoms with Gasteiger partial charge in [-0.2, -0.15) is 0 Å². The second kappa shape index (κ2) is 9.17. The summed E-state index contributed by atoms with van der Waals surface area (Å²) < 4.78 is 11.5. The van der Waals surface area contributed by atoms with Crippen molar-refractivity contribution in [2.45, 2.75) is 46.6 Å². The number of furan rings is 1. The molecule has 4 rings (SSSR count). The zero-order valence-corrected chi connectivity index (χ0v) is 19.6. The number of carboxylic acids is 1. The highest BCUT2D eigenvalue weighted by atomic mass is 16.4. The molecule has 34 heavy (non-hydrogen) atoms. The van der Waals surface area contributed by atoms with Gasteiger partial charge in [-0.1, -0.05) is 50.6 Å². The molecular weight excluding hydrogens is 434 g/mol. The lowest BCUT2D eigenvalue weighted by Gasteiger charge is -2.20. The highest BCUT2D eigenvalue weighted by Crippen LogP contribution is 2.37. The van der Waals surface area contributed by atoms with Gasteiger partial charge in [-0.15, -0.1) is 0 Å². The maximum absolute atomic E-state index is 12.7. The fraction of sp³-hybridized carbons (Fsp3) is 0.296. The smallest absolute Gasteiger partial charge is 0.340 e. The predicted octanol–water partition coefficient (Wildman–Crippen LogP) is 4.98. The third-order valence-electron chi connectivity index (χ3n) is 6.47. The van der Waals surface area contributed by atoms with E-state index < -0.39 is 23.5 Å². The highest BCUT2D eigenvalue weighted by molar-refractivity contribution is 6.03. The van der Waals surface area contributed by atoms with Crippen LogP contribution in [0.3, 0.4) is 0 Å². The molecule has 0 aliphatic heterocycles. The van der Waals surface area contributed by atoms with Crippen LogP contribution in [0.25, 0.3) is 33.1 Å². The quantitative estimate of drug-likeness (QED) is 0.376. The van der Waals surface area contributed by atoms with Gasteiger partial charge < -0.3 is 19.3 Å². The molecule has 2 aromatic carbocycles. The van der Waals surface area contributed by atoms with E-state index >= 15 is 0 Å². The van der Waals surface area contributed by atoms with E-state index in [1.165, 1.54) is 0 Å². The van der Waals surface area contributed by atoms with Crippen LogP contribution in [0.5, 0.6) is 0 Å². The molecule has 0 bridgehead atoms. The molecule has 0 aliphatic rings. The van der Waals surface area contributed by atoms with Crippen LogP contribution in [0.15, 0.2) is 56.1 Å². The van der Waals surface area contributed by atoms with Crippen molar-refractivity contribution in [1.29, 1.82) is 0 Å². The van der Waals surface area contributed by atoms with Crippen LogP contribution < -0.4 is 10.9 Å². The monoisotopic (exact) mass is 461 g/mol. The SMILES string of the molecule is CC[C@@H](C)[C@H](NC(=O)Cc1c(C)c2cc3c(-c4ccccc4)c(C)oc3cc2oc1=O)C(=O)O. The number of rotatable bonds is 7. The van der Waals surface area contributed by atoms with Gasteiger partial charge in [0.25, 0.3) is 0 Å². The van der Waals surface area contributed by atoms with E-state index in [1.54, 1.807) is 19.9 Å². The molecule has 7 heteroatoms. The molecule has 176 valence electrons. The third-order valence-corrected chi connectivity index (χ3v) is 6.47. The van der Waals surface area contributed by atoms with Gasteiger partial charge >= 0.3 is 11.6 Å².